The zero-order chi connectivity index (χ0) is 18.5. The van der Waals surface area contributed by atoms with E-state index in [0.717, 1.165) is 5.56 Å². The van der Waals surface area contributed by atoms with Crippen LogP contribution < -0.4 is 16.4 Å². The average molecular weight is 347 g/mol. The molecule has 138 valence electrons. The van der Waals surface area contributed by atoms with Gasteiger partial charge in [-0.1, -0.05) is 44.2 Å². The van der Waals surface area contributed by atoms with Crippen LogP contribution in [0.3, 0.4) is 0 Å². The smallest absolute Gasteiger partial charge is 0.240 e. The van der Waals surface area contributed by atoms with Gasteiger partial charge in [-0.05, 0) is 12.5 Å². The van der Waals surface area contributed by atoms with Gasteiger partial charge in [0.05, 0.1) is 6.10 Å². The van der Waals surface area contributed by atoms with Crippen molar-refractivity contribution in [2.45, 2.75) is 51.8 Å². The largest absolute Gasteiger partial charge is 0.378 e. The molecule has 0 heterocycles. The van der Waals surface area contributed by atoms with Crippen molar-refractivity contribution < 1.29 is 14.3 Å². The molecule has 6 nitrogen and oxygen atoms in total. The molecule has 0 aliphatic heterocycles. The Bertz CT molecular complexity index is 603. The zero-order valence-electron chi connectivity index (χ0n) is 15.3. The average Bonchev–Trinajstić information content (AvgIpc) is 2.60. The van der Waals surface area contributed by atoms with Crippen molar-refractivity contribution in [3.63, 3.8) is 0 Å². The van der Waals surface area contributed by atoms with Crippen molar-refractivity contribution in [3.8, 4) is 0 Å². The Hall–Kier alpha value is -1.92. The third-order valence-corrected chi connectivity index (χ3v) is 5.21. The lowest BCUT2D eigenvalue weighted by Crippen LogP contribution is -2.75. The summed E-state index contributed by atoms with van der Waals surface area (Å²) in [6.45, 7) is 7.19. The Morgan fingerprint density at radius 1 is 1.24 bits per heavy atom. The molecule has 1 saturated carbocycles. The standard InChI is InChI=1S/C19H29N3O3/c1-4-25-15-12-19(20,18(15,2)3)17(24)21-11-10-16(23)22-13-14-8-6-5-7-9-14/h5-9,15H,4,10-13,20H2,1-3H3,(H,21,24)(H,22,23). The molecule has 6 heteroatoms. The highest BCUT2D eigenvalue weighted by Crippen LogP contribution is 2.49. The normalized spacial score (nSPS) is 24.2. The van der Waals surface area contributed by atoms with E-state index in [1.807, 2.05) is 51.1 Å². The summed E-state index contributed by atoms with van der Waals surface area (Å²) in [5.41, 5.74) is 5.97. The molecule has 0 aromatic heterocycles. The van der Waals surface area contributed by atoms with Crippen molar-refractivity contribution in [2.24, 2.45) is 11.1 Å². The first-order chi connectivity index (χ1) is 11.8. The van der Waals surface area contributed by atoms with Crippen LogP contribution in [0.1, 0.15) is 39.2 Å². The summed E-state index contributed by atoms with van der Waals surface area (Å²) in [6, 6.07) is 9.69. The van der Waals surface area contributed by atoms with Gasteiger partial charge in [-0.25, -0.2) is 0 Å². The summed E-state index contributed by atoms with van der Waals surface area (Å²) < 4.78 is 5.63. The summed E-state index contributed by atoms with van der Waals surface area (Å²) in [7, 11) is 0. The first-order valence-electron chi connectivity index (χ1n) is 8.80. The maximum Gasteiger partial charge on any atom is 0.240 e. The van der Waals surface area contributed by atoms with Crippen molar-refractivity contribution in [3.05, 3.63) is 35.9 Å². The van der Waals surface area contributed by atoms with Gasteiger partial charge in [0, 0.05) is 38.0 Å². The van der Waals surface area contributed by atoms with Gasteiger partial charge in [0.1, 0.15) is 5.54 Å². The van der Waals surface area contributed by atoms with Crippen molar-refractivity contribution in [1.29, 1.82) is 0 Å². The number of ether oxygens (including phenoxy) is 1. The van der Waals surface area contributed by atoms with Gasteiger partial charge < -0.3 is 21.1 Å². The second-order valence-corrected chi connectivity index (χ2v) is 7.11. The van der Waals surface area contributed by atoms with Gasteiger partial charge in [0.25, 0.3) is 0 Å². The van der Waals surface area contributed by atoms with E-state index in [9.17, 15) is 9.59 Å². The molecule has 0 radical (unpaired) electrons. The second kappa shape index (κ2) is 7.97. The number of amides is 2. The van der Waals surface area contributed by atoms with E-state index < -0.39 is 11.0 Å². The molecule has 0 spiro atoms. The number of hydrogen-bond donors (Lipinski definition) is 3. The first-order valence-corrected chi connectivity index (χ1v) is 8.80. The zero-order valence-corrected chi connectivity index (χ0v) is 15.3. The molecule has 1 aromatic carbocycles. The number of carbonyl (C=O) groups is 2. The molecule has 0 saturated heterocycles. The molecular weight excluding hydrogens is 318 g/mol. The monoisotopic (exact) mass is 347 g/mol. The highest BCUT2D eigenvalue weighted by molar-refractivity contribution is 5.89. The maximum absolute atomic E-state index is 12.4. The van der Waals surface area contributed by atoms with Gasteiger partial charge in [0.15, 0.2) is 0 Å². The third-order valence-electron chi connectivity index (χ3n) is 5.21. The molecule has 1 aliphatic rings. The van der Waals surface area contributed by atoms with Gasteiger partial charge in [-0.3, -0.25) is 9.59 Å². The predicted octanol–water partition coefficient (Wildman–Crippen LogP) is 1.34. The predicted molar refractivity (Wildman–Crippen MR) is 96.6 cm³/mol. The van der Waals surface area contributed by atoms with E-state index in [4.69, 9.17) is 10.5 Å². The number of nitrogens with two attached hydrogens (primary N) is 1. The van der Waals surface area contributed by atoms with Gasteiger partial charge in [-0.15, -0.1) is 0 Å². The fourth-order valence-electron chi connectivity index (χ4n) is 3.15. The molecule has 2 rings (SSSR count). The molecule has 2 atom stereocenters. The number of benzene rings is 1. The molecular formula is C19H29N3O3. The van der Waals surface area contributed by atoms with Crippen LogP contribution >= 0.6 is 0 Å². The van der Waals surface area contributed by atoms with E-state index in [0.29, 0.717) is 19.6 Å². The van der Waals surface area contributed by atoms with E-state index in [-0.39, 0.29) is 30.9 Å². The summed E-state index contributed by atoms with van der Waals surface area (Å²) >= 11 is 0. The molecule has 2 unspecified atom stereocenters. The topological polar surface area (TPSA) is 93.4 Å². The number of carbonyl (C=O) groups excluding carboxylic acids is 2. The van der Waals surface area contributed by atoms with Crippen LogP contribution in [0.15, 0.2) is 30.3 Å². The summed E-state index contributed by atoms with van der Waals surface area (Å²) in [5, 5.41) is 5.63. The van der Waals surface area contributed by atoms with Crippen LogP contribution in [-0.4, -0.2) is 36.6 Å². The first kappa shape index (κ1) is 19.4. The molecule has 0 bridgehead atoms. The molecule has 2 amide bonds. The molecule has 1 fully saturated rings. The minimum atomic E-state index is -0.951. The third kappa shape index (κ3) is 4.19. The van der Waals surface area contributed by atoms with Crippen LogP contribution in [0.4, 0.5) is 0 Å². The van der Waals surface area contributed by atoms with Crippen molar-refractivity contribution in [2.75, 3.05) is 13.2 Å². The second-order valence-electron chi connectivity index (χ2n) is 7.11. The van der Waals surface area contributed by atoms with Crippen LogP contribution in [0.5, 0.6) is 0 Å². The molecule has 1 aromatic rings. The Kier molecular flexibility index (Phi) is 6.19. The molecule has 4 N–H and O–H groups in total. The Balaban J connectivity index is 1.72. The highest BCUT2D eigenvalue weighted by Gasteiger charge is 2.62. The number of hydrogen-bond acceptors (Lipinski definition) is 4. The summed E-state index contributed by atoms with van der Waals surface area (Å²) in [5.74, 6) is -0.320. The van der Waals surface area contributed by atoms with E-state index in [1.54, 1.807) is 0 Å². The fraction of sp³-hybridized carbons (Fsp3) is 0.579. The van der Waals surface area contributed by atoms with Crippen LogP contribution in [-0.2, 0) is 20.9 Å². The number of rotatable bonds is 8. The Labute approximate surface area is 149 Å². The van der Waals surface area contributed by atoms with Crippen LogP contribution in [0.25, 0.3) is 0 Å². The minimum Gasteiger partial charge on any atom is -0.378 e. The lowest BCUT2D eigenvalue weighted by molar-refractivity contribution is -0.170. The van der Waals surface area contributed by atoms with Crippen LogP contribution in [0, 0.1) is 5.41 Å². The Morgan fingerprint density at radius 3 is 2.52 bits per heavy atom. The summed E-state index contributed by atoms with van der Waals surface area (Å²) in [6.07, 6.45) is 0.714. The fourth-order valence-corrected chi connectivity index (χ4v) is 3.15. The van der Waals surface area contributed by atoms with Gasteiger partial charge in [-0.2, -0.15) is 0 Å². The van der Waals surface area contributed by atoms with E-state index >= 15 is 0 Å². The molecule has 25 heavy (non-hydrogen) atoms. The van der Waals surface area contributed by atoms with Crippen molar-refractivity contribution >= 4 is 11.8 Å². The lowest BCUT2D eigenvalue weighted by Gasteiger charge is -2.57. The SMILES string of the molecule is CCOC1CC(N)(C(=O)NCCC(=O)NCc2ccccc2)C1(C)C. The van der Waals surface area contributed by atoms with Gasteiger partial charge >= 0.3 is 0 Å². The minimum absolute atomic E-state index is 0.0116. The molecule has 1 aliphatic carbocycles. The van der Waals surface area contributed by atoms with Crippen LogP contribution in [0.2, 0.25) is 0 Å². The van der Waals surface area contributed by atoms with E-state index in [1.165, 1.54) is 0 Å². The Morgan fingerprint density at radius 2 is 1.92 bits per heavy atom. The van der Waals surface area contributed by atoms with Crippen molar-refractivity contribution in [1.82, 2.24) is 10.6 Å². The summed E-state index contributed by atoms with van der Waals surface area (Å²) in [4.78, 5) is 24.3. The van der Waals surface area contributed by atoms with Gasteiger partial charge in [0.2, 0.25) is 11.8 Å². The number of nitrogens with one attached hydrogen (secondary N) is 2. The lowest BCUT2D eigenvalue weighted by atomic mass is 9.54. The maximum atomic E-state index is 12.4. The quantitative estimate of drug-likeness (QED) is 0.661. The highest BCUT2D eigenvalue weighted by atomic mass is 16.5. The van der Waals surface area contributed by atoms with E-state index in [2.05, 4.69) is 10.6 Å².